The van der Waals surface area contributed by atoms with Gasteiger partial charge < -0.3 is 29.3 Å². The molecular formula is C26H37NO6. The normalized spacial score (nSPS) is 51.5. The summed E-state index contributed by atoms with van der Waals surface area (Å²) >= 11 is 0. The first-order valence-corrected chi connectivity index (χ1v) is 12.5. The number of nitrogens with zero attached hydrogens (tertiary/aromatic N) is 1. The summed E-state index contributed by atoms with van der Waals surface area (Å²) in [5.74, 6) is -1.23. The third-order valence-electron chi connectivity index (χ3n) is 10.2. The van der Waals surface area contributed by atoms with E-state index in [9.17, 15) is 15.0 Å². The zero-order chi connectivity index (χ0) is 23.4. The lowest BCUT2D eigenvalue weighted by atomic mass is 9.41. The summed E-state index contributed by atoms with van der Waals surface area (Å²) in [6.07, 6.45) is 7.28. The van der Waals surface area contributed by atoms with Crippen molar-refractivity contribution in [3.8, 4) is 0 Å². The number of aliphatic hydroxyl groups excluding tert-OH is 1. The van der Waals surface area contributed by atoms with Crippen molar-refractivity contribution in [2.45, 2.75) is 88.5 Å². The summed E-state index contributed by atoms with van der Waals surface area (Å²) in [7, 11) is 2.09. The molecule has 2 N–H and O–H groups in total. The molecule has 0 aromatic rings. The van der Waals surface area contributed by atoms with E-state index in [0.717, 1.165) is 30.5 Å². The molecule has 182 valence electrons. The molecule has 33 heavy (non-hydrogen) atoms. The number of carbonyl (C=O) groups is 1. The minimum Gasteiger partial charge on any atom is -0.458 e. The standard InChI is InChI=1S/C26H37NO6/c1-16(32-17(2)28)19-7-8-25-20-6-5-18-13-24(30)10-9-22(18,3)26(20,33-24)21(29)14-23(19,25)15-27(4)11-12-31-25/h6-7,16,18,21,29-30H,5,8-15H2,1-4H3/t16-,18-,21-,22+,23+,24-,25+,26+/m1/s1. The van der Waals surface area contributed by atoms with Crippen LogP contribution in [0.5, 0.6) is 0 Å². The summed E-state index contributed by atoms with van der Waals surface area (Å²) in [5.41, 5.74) is -0.372. The lowest BCUT2D eigenvalue weighted by Crippen LogP contribution is -2.79. The van der Waals surface area contributed by atoms with E-state index in [1.54, 1.807) is 0 Å². The van der Waals surface area contributed by atoms with Crippen molar-refractivity contribution in [3.63, 3.8) is 0 Å². The van der Waals surface area contributed by atoms with Crippen LogP contribution >= 0.6 is 0 Å². The van der Waals surface area contributed by atoms with Crippen LogP contribution < -0.4 is 0 Å². The number of aliphatic hydroxyl groups is 2. The van der Waals surface area contributed by atoms with Gasteiger partial charge in [-0.15, -0.1) is 0 Å². The number of likely N-dealkylation sites (N-methyl/N-ethyl adjacent to an activating group) is 1. The van der Waals surface area contributed by atoms with E-state index >= 15 is 0 Å². The second-order valence-corrected chi connectivity index (χ2v) is 11.8. The van der Waals surface area contributed by atoms with E-state index in [0.29, 0.717) is 38.8 Å². The highest BCUT2D eigenvalue weighted by Crippen LogP contribution is 2.74. The van der Waals surface area contributed by atoms with Gasteiger partial charge in [0.1, 0.15) is 17.3 Å². The highest BCUT2D eigenvalue weighted by molar-refractivity contribution is 5.66. The van der Waals surface area contributed by atoms with Crippen molar-refractivity contribution in [2.75, 3.05) is 26.7 Å². The molecule has 0 aromatic carbocycles. The van der Waals surface area contributed by atoms with Gasteiger partial charge in [0.25, 0.3) is 0 Å². The number of fused-ring (bicyclic) bond motifs is 1. The van der Waals surface area contributed by atoms with Crippen LogP contribution in [0, 0.1) is 16.7 Å². The second kappa shape index (κ2) is 6.70. The summed E-state index contributed by atoms with van der Waals surface area (Å²) < 4.78 is 19.2. The Morgan fingerprint density at radius 2 is 2.09 bits per heavy atom. The van der Waals surface area contributed by atoms with Crippen molar-refractivity contribution >= 4 is 5.97 Å². The first-order chi connectivity index (χ1) is 15.5. The number of ether oxygens (including phenoxy) is 3. The molecule has 7 aliphatic rings. The Hall–Kier alpha value is -1.25. The molecule has 4 bridgehead atoms. The van der Waals surface area contributed by atoms with Crippen molar-refractivity contribution in [1.82, 2.24) is 4.90 Å². The molecular weight excluding hydrogens is 422 g/mol. The molecule has 0 radical (unpaired) electrons. The minimum absolute atomic E-state index is 0.256. The monoisotopic (exact) mass is 459 g/mol. The van der Waals surface area contributed by atoms with E-state index < -0.39 is 34.6 Å². The Kier molecular flexibility index (Phi) is 4.51. The lowest BCUT2D eigenvalue weighted by molar-refractivity contribution is -0.401. The highest BCUT2D eigenvalue weighted by Gasteiger charge is 2.79. The molecule has 7 rings (SSSR count). The molecule has 4 aliphatic carbocycles. The van der Waals surface area contributed by atoms with Crippen LogP contribution in [0.2, 0.25) is 0 Å². The molecule has 5 fully saturated rings. The predicted octanol–water partition coefficient (Wildman–Crippen LogP) is 2.31. The van der Waals surface area contributed by atoms with Crippen LogP contribution in [-0.4, -0.2) is 77.0 Å². The van der Waals surface area contributed by atoms with Crippen LogP contribution in [0.25, 0.3) is 0 Å². The molecule has 7 nitrogen and oxygen atoms in total. The fraction of sp³-hybridized carbons (Fsp3) is 0.808. The molecule has 1 spiro atoms. The van der Waals surface area contributed by atoms with E-state index in [2.05, 4.69) is 31.0 Å². The van der Waals surface area contributed by atoms with Gasteiger partial charge in [0.2, 0.25) is 0 Å². The third kappa shape index (κ3) is 2.50. The van der Waals surface area contributed by atoms with Gasteiger partial charge in [-0.1, -0.05) is 19.1 Å². The summed E-state index contributed by atoms with van der Waals surface area (Å²) in [6.45, 7) is 7.70. The van der Waals surface area contributed by atoms with Crippen molar-refractivity contribution in [1.29, 1.82) is 0 Å². The topological polar surface area (TPSA) is 88.5 Å². The molecule has 3 aliphatic heterocycles. The van der Waals surface area contributed by atoms with Gasteiger partial charge in [0, 0.05) is 43.7 Å². The SMILES string of the molecule is CC(=O)O[C@H](C)C1=CC[C@@]23OCCN(C)C[C@@]12C[C@@H](O)[C@]12O[C@]4(O)CC[C@@]1(C)[C@H](CC=C32)C4. The largest absolute Gasteiger partial charge is 0.458 e. The fourth-order valence-electron chi connectivity index (χ4n) is 8.92. The second-order valence-electron chi connectivity index (χ2n) is 11.8. The maximum Gasteiger partial charge on any atom is 0.303 e. The zero-order valence-corrected chi connectivity index (χ0v) is 20.2. The van der Waals surface area contributed by atoms with Gasteiger partial charge in [-0.2, -0.15) is 0 Å². The van der Waals surface area contributed by atoms with Crippen LogP contribution in [0.4, 0.5) is 0 Å². The molecule has 8 atom stereocenters. The van der Waals surface area contributed by atoms with Crippen molar-refractivity contribution in [2.24, 2.45) is 16.7 Å². The lowest BCUT2D eigenvalue weighted by Gasteiger charge is -2.73. The third-order valence-corrected chi connectivity index (χ3v) is 10.2. The summed E-state index contributed by atoms with van der Waals surface area (Å²) in [6, 6.07) is 0. The highest BCUT2D eigenvalue weighted by atomic mass is 16.7. The average Bonchev–Trinajstić information content (AvgIpc) is 2.94. The maximum absolute atomic E-state index is 12.1. The smallest absolute Gasteiger partial charge is 0.303 e. The molecule has 0 aromatic heterocycles. The van der Waals surface area contributed by atoms with Crippen LogP contribution in [-0.2, 0) is 19.0 Å². The Labute approximate surface area is 195 Å². The molecule has 0 unspecified atom stereocenters. The van der Waals surface area contributed by atoms with E-state index in [4.69, 9.17) is 14.2 Å². The van der Waals surface area contributed by atoms with Gasteiger partial charge >= 0.3 is 5.97 Å². The Morgan fingerprint density at radius 1 is 1.30 bits per heavy atom. The Morgan fingerprint density at radius 3 is 2.85 bits per heavy atom. The number of hydrogen-bond acceptors (Lipinski definition) is 7. The zero-order valence-electron chi connectivity index (χ0n) is 20.2. The van der Waals surface area contributed by atoms with Gasteiger partial charge in [0.05, 0.1) is 12.7 Å². The van der Waals surface area contributed by atoms with Gasteiger partial charge in [-0.25, -0.2) is 0 Å². The molecule has 0 amide bonds. The first-order valence-electron chi connectivity index (χ1n) is 12.5. The summed E-state index contributed by atoms with van der Waals surface area (Å²) in [4.78, 5) is 14.1. The quantitative estimate of drug-likeness (QED) is 0.484. The minimum atomic E-state index is -1.19. The fourth-order valence-corrected chi connectivity index (χ4v) is 8.92. The van der Waals surface area contributed by atoms with Crippen LogP contribution in [0.3, 0.4) is 0 Å². The van der Waals surface area contributed by atoms with Crippen LogP contribution in [0.1, 0.15) is 59.3 Å². The van der Waals surface area contributed by atoms with E-state index in [-0.39, 0.29) is 17.3 Å². The molecule has 3 saturated heterocycles. The maximum atomic E-state index is 12.1. The number of rotatable bonds is 2. The van der Waals surface area contributed by atoms with E-state index in [1.165, 1.54) is 6.92 Å². The van der Waals surface area contributed by atoms with E-state index in [1.807, 2.05) is 6.92 Å². The number of allylic oxidation sites excluding steroid dienone is 1. The summed E-state index contributed by atoms with van der Waals surface area (Å²) in [5, 5.41) is 23.4. The Bertz CT molecular complexity index is 962. The van der Waals surface area contributed by atoms with Crippen LogP contribution in [0.15, 0.2) is 23.3 Å². The molecule has 3 heterocycles. The number of esters is 1. The average molecular weight is 460 g/mol. The molecule has 7 heteroatoms. The van der Waals surface area contributed by atoms with Gasteiger partial charge in [-0.05, 0) is 56.7 Å². The Balaban J connectivity index is 1.55. The van der Waals surface area contributed by atoms with Crippen molar-refractivity contribution < 1.29 is 29.2 Å². The predicted molar refractivity (Wildman–Crippen MR) is 120 cm³/mol. The van der Waals surface area contributed by atoms with Gasteiger partial charge in [0.15, 0.2) is 5.79 Å². The number of hydrogen-bond donors (Lipinski definition) is 2. The number of carbonyl (C=O) groups excluding carboxylic acids is 1. The first kappa shape index (κ1) is 22.2. The van der Waals surface area contributed by atoms with Crippen molar-refractivity contribution in [3.05, 3.63) is 23.3 Å². The van der Waals surface area contributed by atoms with Gasteiger partial charge in [-0.3, -0.25) is 4.79 Å². The molecule has 2 saturated carbocycles.